The second-order valence-corrected chi connectivity index (χ2v) is 6.42. The fourth-order valence-corrected chi connectivity index (χ4v) is 2.99. The highest BCUT2D eigenvalue weighted by molar-refractivity contribution is 7.89. The lowest BCUT2D eigenvalue weighted by Gasteiger charge is -2.03. The Hall–Kier alpha value is -1.64. The Labute approximate surface area is 118 Å². The Morgan fingerprint density at radius 3 is 2.75 bits per heavy atom. The highest BCUT2D eigenvalue weighted by Gasteiger charge is 2.17. The molecule has 20 heavy (non-hydrogen) atoms. The van der Waals surface area contributed by atoms with Crippen LogP contribution in [0.2, 0.25) is 0 Å². The van der Waals surface area contributed by atoms with E-state index in [0.29, 0.717) is 6.54 Å². The van der Waals surface area contributed by atoms with Crippen molar-refractivity contribution in [1.29, 1.82) is 0 Å². The molecule has 110 valence electrons. The first-order valence-electron chi connectivity index (χ1n) is 6.22. The second kappa shape index (κ2) is 5.78. The number of nitrogens with one attached hydrogen (secondary N) is 3. The standard InChI is InChI=1S/C12H19N5O2S/c1-9-10(5-14-16-9)6-15-20(18,19)12-4-11(7-13-2)17(3)8-12/h4-5,8,13,15H,6-7H2,1-3H3,(H,14,16). The lowest BCUT2D eigenvalue weighted by atomic mass is 10.3. The van der Waals surface area contributed by atoms with E-state index in [-0.39, 0.29) is 11.4 Å². The van der Waals surface area contributed by atoms with Gasteiger partial charge < -0.3 is 9.88 Å². The summed E-state index contributed by atoms with van der Waals surface area (Å²) in [6.45, 7) is 2.69. The number of sulfonamides is 1. The number of hydrogen-bond donors (Lipinski definition) is 3. The topological polar surface area (TPSA) is 91.8 Å². The van der Waals surface area contributed by atoms with E-state index in [4.69, 9.17) is 0 Å². The highest BCUT2D eigenvalue weighted by Crippen LogP contribution is 2.14. The predicted octanol–water partition coefficient (Wildman–Crippen LogP) is 0.255. The summed E-state index contributed by atoms with van der Waals surface area (Å²) >= 11 is 0. The Kier molecular flexibility index (Phi) is 4.26. The Bertz CT molecular complexity index is 687. The number of aryl methyl sites for hydroxylation is 2. The van der Waals surface area contributed by atoms with Gasteiger partial charge in [0.05, 0.1) is 11.1 Å². The van der Waals surface area contributed by atoms with Crippen LogP contribution in [0.25, 0.3) is 0 Å². The summed E-state index contributed by atoms with van der Waals surface area (Å²) in [4.78, 5) is 0.270. The smallest absolute Gasteiger partial charge is 0.242 e. The first-order valence-corrected chi connectivity index (χ1v) is 7.70. The third-order valence-electron chi connectivity index (χ3n) is 3.14. The van der Waals surface area contributed by atoms with Crippen molar-refractivity contribution in [3.8, 4) is 0 Å². The molecule has 8 heteroatoms. The number of nitrogens with zero attached hydrogens (tertiary/aromatic N) is 2. The normalized spacial score (nSPS) is 11.9. The molecule has 0 fully saturated rings. The maximum atomic E-state index is 12.2. The van der Waals surface area contributed by atoms with Crippen LogP contribution in [-0.2, 0) is 30.2 Å². The fourth-order valence-electron chi connectivity index (χ4n) is 1.89. The van der Waals surface area contributed by atoms with Gasteiger partial charge in [0.25, 0.3) is 0 Å². The van der Waals surface area contributed by atoms with Gasteiger partial charge in [-0.2, -0.15) is 5.10 Å². The quantitative estimate of drug-likeness (QED) is 0.713. The van der Waals surface area contributed by atoms with Crippen LogP contribution >= 0.6 is 0 Å². The molecular weight excluding hydrogens is 278 g/mol. The zero-order chi connectivity index (χ0) is 14.8. The zero-order valence-electron chi connectivity index (χ0n) is 11.8. The van der Waals surface area contributed by atoms with E-state index in [0.717, 1.165) is 17.0 Å². The largest absolute Gasteiger partial charge is 0.352 e. The van der Waals surface area contributed by atoms with E-state index < -0.39 is 10.0 Å². The van der Waals surface area contributed by atoms with Gasteiger partial charge in [-0.05, 0) is 20.0 Å². The lowest BCUT2D eigenvalue weighted by molar-refractivity contribution is 0.581. The van der Waals surface area contributed by atoms with Crippen molar-refractivity contribution < 1.29 is 8.42 Å². The molecule has 2 heterocycles. The predicted molar refractivity (Wildman–Crippen MR) is 75.5 cm³/mol. The number of H-pyrrole nitrogens is 1. The molecule has 3 N–H and O–H groups in total. The molecule has 7 nitrogen and oxygen atoms in total. The first kappa shape index (κ1) is 14.8. The molecule has 0 spiro atoms. The minimum atomic E-state index is -3.51. The zero-order valence-corrected chi connectivity index (χ0v) is 12.6. The van der Waals surface area contributed by atoms with E-state index in [1.54, 1.807) is 23.0 Å². The molecule has 0 amide bonds. The van der Waals surface area contributed by atoms with Gasteiger partial charge in [0.15, 0.2) is 0 Å². The lowest BCUT2D eigenvalue weighted by Crippen LogP contribution is -2.23. The van der Waals surface area contributed by atoms with Crippen molar-refractivity contribution in [2.24, 2.45) is 7.05 Å². The van der Waals surface area contributed by atoms with Crippen LogP contribution in [-0.4, -0.2) is 30.2 Å². The molecule has 0 bridgehead atoms. The third-order valence-corrected chi connectivity index (χ3v) is 4.51. The summed E-state index contributed by atoms with van der Waals surface area (Å²) in [6, 6.07) is 1.67. The van der Waals surface area contributed by atoms with Gasteiger partial charge in [-0.3, -0.25) is 5.10 Å². The second-order valence-electron chi connectivity index (χ2n) is 4.65. The summed E-state index contributed by atoms with van der Waals surface area (Å²) < 4.78 is 28.8. The van der Waals surface area contributed by atoms with E-state index >= 15 is 0 Å². The maximum Gasteiger partial charge on any atom is 0.242 e. The molecule has 0 aliphatic heterocycles. The van der Waals surface area contributed by atoms with Crippen molar-refractivity contribution in [3.63, 3.8) is 0 Å². The molecule has 0 aliphatic carbocycles. The van der Waals surface area contributed by atoms with Crippen molar-refractivity contribution in [3.05, 3.63) is 35.4 Å². The molecule has 0 saturated carbocycles. The first-order chi connectivity index (χ1) is 9.44. The molecule has 2 aromatic heterocycles. The summed E-state index contributed by atoms with van der Waals surface area (Å²) in [5.41, 5.74) is 2.60. The fraction of sp³-hybridized carbons (Fsp3) is 0.417. The summed E-state index contributed by atoms with van der Waals surface area (Å²) in [5, 5.41) is 9.65. The van der Waals surface area contributed by atoms with Gasteiger partial charge in [-0.25, -0.2) is 13.1 Å². The van der Waals surface area contributed by atoms with Crippen molar-refractivity contribution in [2.45, 2.75) is 24.9 Å². The molecule has 2 rings (SSSR count). The number of aromatic amines is 1. The van der Waals surface area contributed by atoms with E-state index in [2.05, 4.69) is 20.2 Å². The average molecular weight is 297 g/mol. The van der Waals surface area contributed by atoms with Crippen molar-refractivity contribution in [1.82, 2.24) is 24.8 Å². The number of hydrogen-bond acceptors (Lipinski definition) is 4. The minimum absolute atomic E-state index is 0.223. The van der Waals surface area contributed by atoms with Gasteiger partial charge in [0.2, 0.25) is 10.0 Å². The van der Waals surface area contributed by atoms with Crippen LogP contribution in [0.3, 0.4) is 0 Å². The van der Waals surface area contributed by atoms with Crippen LogP contribution in [0.4, 0.5) is 0 Å². The third kappa shape index (κ3) is 3.09. The molecule has 2 aromatic rings. The van der Waals surface area contributed by atoms with Crippen LogP contribution in [0, 0.1) is 6.92 Å². The van der Waals surface area contributed by atoms with Crippen molar-refractivity contribution in [2.75, 3.05) is 7.05 Å². The average Bonchev–Trinajstić information content (AvgIpc) is 2.95. The van der Waals surface area contributed by atoms with Crippen LogP contribution in [0.1, 0.15) is 17.0 Å². The Morgan fingerprint density at radius 1 is 1.40 bits per heavy atom. The van der Waals surface area contributed by atoms with E-state index in [1.165, 1.54) is 0 Å². The molecule has 0 aromatic carbocycles. The van der Waals surface area contributed by atoms with Gasteiger partial charge in [-0.15, -0.1) is 0 Å². The van der Waals surface area contributed by atoms with Gasteiger partial charge in [-0.1, -0.05) is 0 Å². The van der Waals surface area contributed by atoms with Crippen LogP contribution < -0.4 is 10.0 Å². The Balaban J connectivity index is 2.14. The van der Waals surface area contributed by atoms with E-state index in [1.807, 2.05) is 21.0 Å². The molecule has 0 unspecified atom stereocenters. The summed E-state index contributed by atoms with van der Waals surface area (Å²) in [5.74, 6) is 0. The number of aromatic nitrogens is 3. The molecule has 0 saturated heterocycles. The highest BCUT2D eigenvalue weighted by atomic mass is 32.2. The molecule has 0 atom stereocenters. The van der Waals surface area contributed by atoms with Gasteiger partial charge in [0.1, 0.15) is 0 Å². The number of rotatable bonds is 6. The maximum absolute atomic E-state index is 12.2. The van der Waals surface area contributed by atoms with Gasteiger partial charge in [0, 0.05) is 43.3 Å². The van der Waals surface area contributed by atoms with E-state index in [9.17, 15) is 8.42 Å². The van der Waals surface area contributed by atoms with Crippen LogP contribution in [0.15, 0.2) is 23.4 Å². The summed E-state index contributed by atoms with van der Waals surface area (Å²) in [6.07, 6.45) is 3.23. The SMILES string of the molecule is CNCc1cc(S(=O)(=O)NCc2cn[nH]c2C)cn1C. The van der Waals surface area contributed by atoms with Crippen molar-refractivity contribution >= 4 is 10.0 Å². The monoisotopic (exact) mass is 297 g/mol. The molecule has 0 aliphatic rings. The van der Waals surface area contributed by atoms with Gasteiger partial charge >= 0.3 is 0 Å². The summed E-state index contributed by atoms with van der Waals surface area (Å²) in [7, 11) is 0.132. The molecular formula is C12H19N5O2S. The molecule has 0 radical (unpaired) electrons. The Morgan fingerprint density at radius 2 is 2.15 bits per heavy atom. The minimum Gasteiger partial charge on any atom is -0.352 e. The van der Waals surface area contributed by atoms with Crippen LogP contribution in [0.5, 0.6) is 0 Å².